The Morgan fingerprint density at radius 1 is 1.30 bits per heavy atom. The first-order valence-electron chi connectivity index (χ1n) is 6.90. The molecule has 0 aromatic heterocycles. The Morgan fingerprint density at radius 3 is 2.50 bits per heavy atom. The van der Waals surface area contributed by atoms with E-state index in [1.807, 2.05) is 4.90 Å². The van der Waals surface area contributed by atoms with E-state index in [1.54, 1.807) is 32.4 Å². The van der Waals surface area contributed by atoms with E-state index in [2.05, 4.69) is 0 Å². The van der Waals surface area contributed by atoms with Crippen LogP contribution in [0.1, 0.15) is 23.2 Å². The Balaban J connectivity index is 2.13. The van der Waals surface area contributed by atoms with Gasteiger partial charge in [0, 0.05) is 24.7 Å². The van der Waals surface area contributed by atoms with Crippen LogP contribution < -0.4 is 15.2 Å². The van der Waals surface area contributed by atoms with Gasteiger partial charge >= 0.3 is 0 Å². The van der Waals surface area contributed by atoms with Crippen molar-refractivity contribution in [2.24, 2.45) is 11.7 Å². The van der Waals surface area contributed by atoms with Crippen LogP contribution in [0.15, 0.2) is 18.2 Å². The summed E-state index contributed by atoms with van der Waals surface area (Å²) in [5.41, 5.74) is 6.19. The van der Waals surface area contributed by atoms with Gasteiger partial charge in [-0.15, -0.1) is 0 Å². The molecule has 1 saturated heterocycles. The molecule has 1 unspecified atom stereocenters. The largest absolute Gasteiger partial charge is 0.497 e. The summed E-state index contributed by atoms with van der Waals surface area (Å²) in [6, 6.07) is 5.26. The number of ether oxygens (including phenoxy) is 2. The summed E-state index contributed by atoms with van der Waals surface area (Å²) < 4.78 is 10.4. The minimum absolute atomic E-state index is 0.0294. The quantitative estimate of drug-likeness (QED) is 0.887. The lowest BCUT2D eigenvalue weighted by Gasteiger charge is -2.17. The zero-order chi connectivity index (χ0) is 14.5. The molecule has 20 heavy (non-hydrogen) atoms. The van der Waals surface area contributed by atoms with Crippen molar-refractivity contribution < 1.29 is 14.3 Å². The van der Waals surface area contributed by atoms with Crippen LogP contribution in [0.25, 0.3) is 0 Å². The predicted molar refractivity (Wildman–Crippen MR) is 77.2 cm³/mol. The van der Waals surface area contributed by atoms with Crippen LogP contribution >= 0.6 is 0 Å². The van der Waals surface area contributed by atoms with Crippen LogP contribution in [-0.4, -0.2) is 44.7 Å². The van der Waals surface area contributed by atoms with Crippen molar-refractivity contribution >= 4 is 5.91 Å². The van der Waals surface area contributed by atoms with Crippen molar-refractivity contribution in [3.05, 3.63) is 23.8 Å². The second kappa shape index (κ2) is 6.61. The summed E-state index contributed by atoms with van der Waals surface area (Å²) in [7, 11) is 3.16. The van der Waals surface area contributed by atoms with Crippen molar-refractivity contribution in [2.75, 3.05) is 33.9 Å². The molecule has 1 aromatic carbocycles. The van der Waals surface area contributed by atoms with E-state index in [-0.39, 0.29) is 5.91 Å². The molecule has 0 saturated carbocycles. The molecule has 0 aliphatic carbocycles. The van der Waals surface area contributed by atoms with E-state index >= 15 is 0 Å². The Labute approximate surface area is 119 Å². The summed E-state index contributed by atoms with van der Waals surface area (Å²) in [6.07, 6.45) is 2.01. The topological polar surface area (TPSA) is 64.8 Å². The maximum Gasteiger partial charge on any atom is 0.254 e. The number of hydrogen-bond acceptors (Lipinski definition) is 4. The SMILES string of the molecule is COc1cc(OC)cc(C(=O)N2CCC(CCN)C2)c1. The number of nitrogens with two attached hydrogens (primary N) is 1. The van der Waals surface area contributed by atoms with Crippen molar-refractivity contribution in [1.29, 1.82) is 0 Å². The van der Waals surface area contributed by atoms with Crippen LogP contribution in [-0.2, 0) is 0 Å². The number of amides is 1. The Hall–Kier alpha value is -1.75. The molecular formula is C15H22N2O3. The van der Waals surface area contributed by atoms with E-state index in [0.717, 1.165) is 25.9 Å². The summed E-state index contributed by atoms with van der Waals surface area (Å²) in [4.78, 5) is 14.4. The number of carbonyl (C=O) groups is 1. The van der Waals surface area contributed by atoms with Gasteiger partial charge in [-0.2, -0.15) is 0 Å². The zero-order valence-corrected chi connectivity index (χ0v) is 12.1. The number of rotatable bonds is 5. The molecule has 1 fully saturated rings. The van der Waals surface area contributed by atoms with Crippen LogP contribution in [0, 0.1) is 5.92 Å². The maximum absolute atomic E-state index is 12.5. The fourth-order valence-corrected chi connectivity index (χ4v) is 2.60. The van der Waals surface area contributed by atoms with E-state index in [1.165, 1.54) is 0 Å². The lowest BCUT2D eigenvalue weighted by Crippen LogP contribution is -2.29. The van der Waals surface area contributed by atoms with Gasteiger partial charge in [0.2, 0.25) is 0 Å². The van der Waals surface area contributed by atoms with Gasteiger partial charge in [-0.3, -0.25) is 4.79 Å². The Bertz CT molecular complexity index is 454. The fourth-order valence-electron chi connectivity index (χ4n) is 2.60. The molecule has 0 spiro atoms. The smallest absolute Gasteiger partial charge is 0.254 e. The Morgan fingerprint density at radius 2 is 1.95 bits per heavy atom. The van der Waals surface area contributed by atoms with E-state index in [4.69, 9.17) is 15.2 Å². The first-order chi connectivity index (χ1) is 9.67. The van der Waals surface area contributed by atoms with Crippen LogP contribution in [0.3, 0.4) is 0 Å². The number of likely N-dealkylation sites (tertiary alicyclic amines) is 1. The molecule has 0 radical (unpaired) electrons. The molecule has 5 nitrogen and oxygen atoms in total. The predicted octanol–water partition coefficient (Wildman–Crippen LogP) is 1.51. The first kappa shape index (κ1) is 14.7. The molecule has 1 heterocycles. The van der Waals surface area contributed by atoms with E-state index in [0.29, 0.717) is 29.5 Å². The Kier molecular flexibility index (Phi) is 4.84. The number of benzene rings is 1. The highest BCUT2D eigenvalue weighted by Crippen LogP contribution is 2.26. The second-order valence-corrected chi connectivity index (χ2v) is 5.08. The lowest BCUT2D eigenvalue weighted by molar-refractivity contribution is 0.0786. The lowest BCUT2D eigenvalue weighted by atomic mass is 10.1. The summed E-state index contributed by atoms with van der Waals surface area (Å²) >= 11 is 0. The molecule has 110 valence electrons. The molecule has 1 aliphatic heterocycles. The van der Waals surface area contributed by atoms with Gasteiger partial charge in [0.15, 0.2) is 0 Å². The first-order valence-corrected chi connectivity index (χ1v) is 6.90. The van der Waals surface area contributed by atoms with Gasteiger partial charge in [-0.05, 0) is 37.4 Å². The third-order valence-corrected chi connectivity index (χ3v) is 3.75. The monoisotopic (exact) mass is 278 g/mol. The molecule has 2 N–H and O–H groups in total. The van der Waals surface area contributed by atoms with Gasteiger partial charge in [0.25, 0.3) is 5.91 Å². The molecule has 1 atom stereocenters. The minimum atomic E-state index is 0.0294. The van der Waals surface area contributed by atoms with Gasteiger partial charge in [-0.1, -0.05) is 0 Å². The highest BCUT2D eigenvalue weighted by Gasteiger charge is 2.26. The van der Waals surface area contributed by atoms with Crippen LogP contribution in [0.2, 0.25) is 0 Å². The number of hydrogen-bond donors (Lipinski definition) is 1. The standard InChI is InChI=1S/C15H22N2O3/c1-19-13-7-12(8-14(9-13)20-2)15(18)17-6-4-11(10-17)3-5-16/h7-9,11H,3-6,10,16H2,1-2H3. The molecular weight excluding hydrogens is 256 g/mol. The average molecular weight is 278 g/mol. The van der Waals surface area contributed by atoms with Crippen molar-refractivity contribution in [3.8, 4) is 11.5 Å². The molecule has 5 heteroatoms. The maximum atomic E-state index is 12.5. The third kappa shape index (κ3) is 3.22. The van der Waals surface area contributed by atoms with Gasteiger partial charge in [0.1, 0.15) is 11.5 Å². The number of methoxy groups -OCH3 is 2. The fraction of sp³-hybridized carbons (Fsp3) is 0.533. The normalized spacial score (nSPS) is 18.1. The highest BCUT2D eigenvalue weighted by molar-refractivity contribution is 5.95. The summed E-state index contributed by atoms with van der Waals surface area (Å²) in [5, 5.41) is 0. The molecule has 0 bridgehead atoms. The highest BCUT2D eigenvalue weighted by atomic mass is 16.5. The summed E-state index contributed by atoms with van der Waals surface area (Å²) in [6.45, 7) is 2.26. The van der Waals surface area contributed by atoms with E-state index in [9.17, 15) is 4.79 Å². The third-order valence-electron chi connectivity index (χ3n) is 3.75. The molecule has 1 amide bonds. The summed E-state index contributed by atoms with van der Waals surface area (Å²) in [5.74, 6) is 1.81. The van der Waals surface area contributed by atoms with E-state index < -0.39 is 0 Å². The van der Waals surface area contributed by atoms with Crippen LogP contribution in [0.4, 0.5) is 0 Å². The zero-order valence-electron chi connectivity index (χ0n) is 12.1. The van der Waals surface area contributed by atoms with Gasteiger partial charge in [-0.25, -0.2) is 0 Å². The second-order valence-electron chi connectivity index (χ2n) is 5.08. The number of carbonyl (C=O) groups excluding carboxylic acids is 1. The number of nitrogens with zero attached hydrogens (tertiary/aromatic N) is 1. The van der Waals surface area contributed by atoms with Gasteiger partial charge in [0.05, 0.1) is 14.2 Å². The minimum Gasteiger partial charge on any atom is -0.497 e. The molecule has 1 aliphatic rings. The van der Waals surface area contributed by atoms with Gasteiger partial charge < -0.3 is 20.1 Å². The molecule has 1 aromatic rings. The average Bonchev–Trinajstić information content (AvgIpc) is 2.94. The van der Waals surface area contributed by atoms with Crippen molar-refractivity contribution in [3.63, 3.8) is 0 Å². The van der Waals surface area contributed by atoms with Crippen molar-refractivity contribution in [1.82, 2.24) is 4.90 Å². The molecule has 2 rings (SSSR count). The van der Waals surface area contributed by atoms with Crippen molar-refractivity contribution in [2.45, 2.75) is 12.8 Å². The van der Waals surface area contributed by atoms with Crippen LogP contribution in [0.5, 0.6) is 11.5 Å².